The Kier molecular flexibility index (Phi) is 3.77. The zero-order valence-corrected chi connectivity index (χ0v) is 11.3. The Hall–Kier alpha value is -1.27. The summed E-state index contributed by atoms with van der Waals surface area (Å²) in [7, 11) is -3.28. The minimum atomic E-state index is -3.28. The summed E-state index contributed by atoms with van der Waals surface area (Å²) in [5.74, 6) is 0. The highest BCUT2D eigenvalue weighted by Gasteiger charge is 2.16. The number of nitrogens with two attached hydrogens (primary N) is 1. The summed E-state index contributed by atoms with van der Waals surface area (Å²) in [6, 6.07) is 5.05. The number of piperidine rings is 1. The molecule has 5 nitrogen and oxygen atoms in total. The first kappa shape index (κ1) is 13.2. The van der Waals surface area contributed by atoms with E-state index in [4.69, 9.17) is 5.73 Å². The van der Waals surface area contributed by atoms with Gasteiger partial charge in [-0.2, -0.15) is 0 Å². The Bertz CT molecular complexity index is 522. The Labute approximate surface area is 108 Å². The largest absolute Gasteiger partial charge is 0.396 e. The topological polar surface area (TPSA) is 75.4 Å². The number of nitrogens with one attached hydrogen (secondary N) is 1. The van der Waals surface area contributed by atoms with Crippen molar-refractivity contribution in [3.63, 3.8) is 0 Å². The standard InChI is InChI=1S/C12H19N3O2S/c1-18(16,17)11-7-5-6-10(12(11)13)14-15-8-3-2-4-9-15/h5-7,14H,2-4,8-9,13H2,1H3. The van der Waals surface area contributed by atoms with Crippen molar-refractivity contribution in [1.29, 1.82) is 0 Å². The second-order valence-corrected chi connectivity index (χ2v) is 6.63. The third kappa shape index (κ3) is 2.94. The molecule has 0 saturated carbocycles. The van der Waals surface area contributed by atoms with Gasteiger partial charge in [0.2, 0.25) is 0 Å². The molecule has 0 spiro atoms. The summed E-state index contributed by atoms with van der Waals surface area (Å²) in [5.41, 5.74) is 10.1. The lowest BCUT2D eigenvalue weighted by molar-refractivity contribution is 0.273. The molecule has 0 radical (unpaired) electrons. The van der Waals surface area contributed by atoms with Crippen LogP contribution in [-0.2, 0) is 9.84 Å². The van der Waals surface area contributed by atoms with Gasteiger partial charge in [-0.15, -0.1) is 0 Å². The number of hydrogen-bond donors (Lipinski definition) is 2. The molecule has 0 aromatic heterocycles. The molecule has 0 bridgehead atoms. The molecule has 1 aliphatic rings. The summed E-state index contributed by atoms with van der Waals surface area (Å²) in [5, 5.41) is 2.08. The third-order valence-electron chi connectivity index (χ3n) is 3.10. The van der Waals surface area contributed by atoms with E-state index in [-0.39, 0.29) is 4.90 Å². The van der Waals surface area contributed by atoms with Crippen LogP contribution in [0.25, 0.3) is 0 Å². The van der Waals surface area contributed by atoms with Gasteiger partial charge in [-0.1, -0.05) is 12.5 Å². The van der Waals surface area contributed by atoms with Gasteiger partial charge in [0.1, 0.15) is 0 Å². The maximum Gasteiger partial charge on any atom is 0.177 e. The molecule has 1 aliphatic heterocycles. The number of benzene rings is 1. The predicted octanol–water partition coefficient (Wildman–Crippen LogP) is 1.49. The molecular formula is C12H19N3O2S. The van der Waals surface area contributed by atoms with E-state index in [0.29, 0.717) is 11.4 Å². The van der Waals surface area contributed by atoms with Crippen LogP contribution in [0.4, 0.5) is 11.4 Å². The van der Waals surface area contributed by atoms with E-state index in [1.165, 1.54) is 18.7 Å². The molecule has 100 valence electrons. The van der Waals surface area contributed by atoms with Gasteiger partial charge in [0.05, 0.1) is 16.3 Å². The van der Waals surface area contributed by atoms with Crippen LogP contribution < -0.4 is 11.2 Å². The van der Waals surface area contributed by atoms with E-state index in [1.54, 1.807) is 12.1 Å². The highest BCUT2D eigenvalue weighted by atomic mass is 32.2. The molecule has 0 aliphatic carbocycles. The van der Waals surface area contributed by atoms with Crippen LogP contribution in [0.1, 0.15) is 19.3 Å². The fourth-order valence-electron chi connectivity index (χ4n) is 2.14. The first-order chi connectivity index (χ1) is 8.48. The fraction of sp³-hybridized carbons (Fsp3) is 0.500. The van der Waals surface area contributed by atoms with Crippen molar-refractivity contribution in [2.45, 2.75) is 24.2 Å². The molecule has 2 rings (SSSR count). The number of para-hydroxylation sites is 1. The van der Waals surface area contributed by atoms with E-state index in [1.807, 2.05) is 0 Å². The van der Waals surface area contributed by atoms with Gasteiger partial charge < -0.3 is 11.2 Å². The lowest BCUT2D eigenvalue weighted by atomic mass is 10.2. The summed E-state index contributed by atoms with van der Waals surface area (Å²) in [4.78, 5) is 0.185. The zero-order valence-electron chi connectivity index (χ0n) is 10.5. The summed E-state index contributed by atoms with van der Waals surface area (Å²) < 4.78 is 23.2. The molecule has 1 fully saturated rings. The lowest BCUT2D eigenvalue weighted by Crippen LogP contribution is -2.35. The zero-order chi connectivity index (χ0) is 13.2. The number of hydrazine groups is 1. The molecule has 0 amide bonds. The van der Waals surface area contributed by atoms with Crippen molar-refractivity contribution in [3.05, 3.63) is 18.2 Å². The van der Waals surface area contributed by atoms with Crippen LogP contribution in [0.3, 0.4) is 0 Å². The quantitative estimate of drug-likeness (QED) is 0.813. The molecule has 0 unspecified atom stereocenters. The number of sulfone groups is 1. The molecule has 1 saturated heterocycles. The van der Waals surface area contributed by atoms with Crippen LogP contribution in [-0.4, -0.2) is 32.8 Å². The fourth-order valence-corrected chi connectivity index (χ4v) is 2.98. The highest BCUT2D eigenvalue weighted by molar-refractivity contribution is 7.90. The van der Waals surface area contributed by atoms with Gasteiger partial charge in [-0.3, -0.25) is 0 Å². The Morgan fingerprint density at radius 3 is 2.50 bits per heavy atom. The smallest absolute Gasteiger partial charge is 0.177 e. The highest BCUT2D eigenvalue weighted by Crippen LogP contribution is 2.27. The number of nitrogens with zero attached hydrogens (tertiary/aromatic N) is 1. The lowest BCUT2D eigenvalue weighted by Gasteiger charge is -2.28. The first-order valence-electron chi connectivity index (χ1n) is 6.08. The van der Waals surface area contributed by atoms with E-state index in [9.17, 15) is 8.42 Å². The molecule has 3 N–H and O–H groups in total. The monoisotopic (exact) mass is 269 g/mol. The number of rotatable bonds is 3. The van der Waals surface area contributed by atoms with Crippen molar-refractivity contribution < 1.29 is 8.42 Å². The second-order valence-electron chi connectivity index (χ2n) is 4.65. The second kappa shape index (κ2) is 5.16. The Balaban J connectivity index is 2.23. The molecule has 18 heavy (non-hydrogen) atoms. The molecule has 1 aromatic rings. The average Bonchev–Trinajstić information content (AvgIpc) is 2.32. The van der Waals surface area contributed by atoms with Gasteiger partial charge in [-0.25, -0.2) is 13.4 Å². The third-order valence-corrected chi connectivity index (χ3v) is 4.26. The van der Waals surface area contributed by atoms with Crippen molar-refractivity contribution in [2.24, 2.45) is 0 Å². The van der Waals surface area contributed by atoms with Gasteiger partial charge >= 0.3 is 0 Å². The summed E-state index contributed by atoms with van der Waals surface area (Å²) >= 11 is 0. The Morgan fingerprint density at radius 1 is 1.22 bits per heavy atom. The number of nitrogen functional groups attached to an aromatic ring is 1. The van der Waals surface area contributed by atoms with E-state index < -0.39 is 9.84 Å². The van der Waals surface area contributed by atoms with Crippen molar-refractivity contribution in [1.82, 2.24) is 5.01 Å². The molecule has 1 heterocycles. The molecule has 0 atom stereocenters. The van der Waals surface area contributed by atoms with Crippen LogP contribution in [0.2, 0.25) is 0 Å². The molecule has 1 aromatic carbocycles. The first-order valence-corrected chi connectivity index (χ1v) is 7.98. The van der Waals surface area contributed by atoms with E-state index in [2.05, 4.69) is 10.4 Å². The van der Waals surface area contributed by atoms with Crippen molar-refractivity contribution >= 4 is 21.2 Å². The van der Waals surface area contributed by atoms with Gasteiger partial charge in [0.15, 0.2) is 9.84 Å². The van der Waals surface area contributed by atoms with Crippen LogP contribution in [0.5, 0.6) is 0 Å². The number of hydrogen-bond acceptors (Lipinski definition) is 5. The van der Waals surface area contributed by atoms with E-state index >= 15 is 0 Å². The average molecular weight is 269 g/mol. The molecular weight excluding hydrogens is 250 g/mol. The van der Waals surface area contributed by atoms with Crippen LogP contribution in [0.15, 0.2) is 23.1 Å². The van der Waals surface area contributed by atoms with E-state index in [0.717, 1.165) is 25.9 Å². The predicted molar refractivity (Wildman–Crippen MR) is 73.0 cm³/mol. The Morgan fingerprint density at radius 2 is 1.89 bits per heavy atom. The number of anilines is 2. The SMILES string of the molecule is CS(=O)(=O)c1cccc(NN2CCCCC2)c1N. The van der Waals surface area contributed by atoms with Crippen molar-refractivity contribution in [3.8, 4) is 0 Å². The maximum absolute atomic E-state index is 11.6. The van der Waals surface area contributed by atoms with Gasteiger partial charge in [0.25, 0.3) is 0 Å². The summed E-state index contributed by atoms with van der Waals surface area (Å²) in [6.45, 7) is 1.92. The van der Waals surface area contributed by atoms with Gasteiger partial charge in [-0.05, 0) is 25.0 Å². The van der Waals surface area contributed by atoms with Gasteiger partial charge in [0, 0.05) is 19.3 Å². The minimum absolute atomic E-state index is 0.185. The maximum atomic E-state index is 11.6. The van der Waals surface area contributed by atoms with Crippen LogP contribution >= 0.6 is 0 Å². The normalized spacial score (nSPS) is 17.6. The molecule has 6 heteroatoms. The van der Waals surface area contributed by atoms with Crippen molar-refractivity contribution in [2.75, 3.05) is 30.5 Å². The minimum Gasteiger partial charge on any atom is -0.396 e. The van der Waals surface area contributed by atoms with Crippen LogP contribution in [0, 0.1) is 0 Å². The summed E-state index contributed by atoms with van der Waals surface area (Å²) in [6.07, 6.45) is 4.72.